The fraction of sp³-hybridized carbons (Fsp3) is 0.357. The van der Waals surface area contributed by atoms with Crippen LogP contribution in [0.1, 0.15) is 34.4 Å². The van der Waals surface area contributed by atoms with E-state index in [1.165, 1.54) is 0 Å². The van der Waals surface area contributed by atoms with Gasteiger partial charge in [0.05, 0.1) is 24.3 Å². The normalized spacial score (nSPS) is 11.4. The van der Waals surface area contributed by atoms with E-state index in [9.17, 15) is 9.59 Å². The minimum absolute atomic E-state index is 0.0111. The van der Waals surface area contributed by atoms with E-state index in [4.69, 9.17) is 16.3 Å². The van der Waals surface area contributed by atoms with Crippen molar-refractivity contribution in [2.75, 3.05) is 38.6 Å². The number of thiophene rings is 1. The molecule has 0 saturated heterocycles. The van der Waals surface area contributed by atoms with Crippen molar-refractivity contribution >= 4 is 40.4 Å². The van der Waals surface area contributed by atoms with Gasteiger partial charge in [0.1, 0.15) is 5.88 Å². The fourth-order valence-corrected chi connectivity index (χ4v) is 4.89. The number of nitrogens with zero attached hydrogens (tertiary/aromatic N) is 2. The van der Waals surface area contributed by atoms with Gasteiger partial charge in [0.2, 0.25) is 11.8 Å². The molecule has 0 saturated carbocycles. The smallest absolute Gasteiger partial charge is 0.242 e. The Balaban J connectivity index is 0.000000247. The van der Waals surface area contributed by atoms with Gasteiger partial charge in [-0.2, -0.15) is 0 Å². The number of amides is 2. The van der Waals surface area contributed by atoms with E-state index in [1.54, 1.807) is 42.3 Å². The maximum Gasteiger partial charge on any atom is 0.242 e. The van der Waals surface area contributed by atoms with Crippen LogP contribution in [0.4, 0.5) is 5.69 Å². The summed E-state index contributed by atoms with van der Waals surface area (Å²) in [5.41, 5.74) is 4.14. The summed E-state index contributed by atoms with van der Waals surface area (Å²) in [5, 5.41) is 2.05. The molecule has 2 amide bonds. The van der Waals surface area contributed by atoms with E-state index in [1.807, 2.05) is 81.4 Å². The van der Waals surface area contributed by atoms with Crippen LogP contribution < -0.4 is 4.90 Å². The van der Waals surface area contributed by atoms with Gasteiger partial charge in [-0.05, 0) is 42.8 Å². The summed E-state index contributed by atoms with van der Waals surface area (Å²) in [5.74, 6) is -0.210. The number of carbonyl (C=O) groups is 2. The number of methoxy groups -OCH3 is 1. The Bertz CT molecular complexity index is 1010. The number of hydrogen-bond acceptors (Lipinski definition) is 4. The van der Waals surface area contributed by atoms with Crippen LogP contribution in [-0.4, -0.2) is 56.4 Å². The second-order valence-electron chi connectivity index (χ2n) is 8.51. The lowest BCUT2D eigenvalue weighted by Crippen LogP contribution is -2.42. The predicted octanol–water partition coefficient (Wildman–Crippen LogP) is 5.88. The number of anilines is 1. The summed E-state index contributed by atoms with van der Waals surface area (Å²) < 4.78 is 5.12. The third-order valence-electron chi connectivity index (χ3n) is 5.55. The highest BCUT2D eigenvalue weighted by Gasteiger charge is 2.25. The van der Waals surface area contributed by atoms with Crippen molar-refractivity contribution in [2.24, 2.45) is 0 Å². The van der Waals surface area contributed by atoms with Gasteiger partial charge < -0.3 is 14.5 Å². The molecule has 0 aliphatic rings. The Morgan fingerprint density at radius 3 is 1.86 bits per heavy atom. The average molecular weight is 515 g/mol. The highest BCUT2D eigenvalue weighted by Crippen LogP contribution is 2.32. The van der Waals surface area contributed by atoms with Crippen LogP contribution in [0.5, 0.6) is 0 Å². The predicted molar refractivity (Wildman–Crippen MR) is 147 cm³/mol. The Kier molecular flexibility index (Phi) is 11.4. The minimum atomic E-state index is -0.220. The summed E-state index contributed by atoms with van der Waals surface area (Å²) >= 11 is 7.33. The van der Waals surface area contributed by atoms with Crippen LogP contribution in [0.3, 0.4) is 0 Å². The van der Waals surface area contributed by atoms with Crippen LogP contribution in [0.15, 0.2) is 66.0 Å². The molecule has 5 nitrogen and oxygen atoms in total. The zero-order valence-corrected chi connectivity index (χ0v) is 22.9. The van der Waals surface area contributed by atoms with Crippen molar-refractivity contribution in [3.05, 3.63) is 87.6 Å². The first-order chi connectivity index (χ1) is 16.7. The topological polar surface area (TPSA) is 49.9 Å². The van der Waals surface area contributed by atoms with Crippen LogP contribution >= 0.6 is 22.9 Å². The highest BCUT2D eigenvalue weighted by atomic mass is 35.5. The van der Waals surface area contributed by atoms with E-state index in [0.29, 0.717) is 6.61 Å². The Morgan fingerprint density at radius 2 is 1.49 bits per heavy atom. The first-order valence-corrected chi connectivity index (χ1v) is 12.9. The van der Waals surface area contributed by atoms with Crippen molar-refractivity contribution in [3.8, 4) is 0 Å². The molecule has 0 aliphatic heterocycles. The Morgan fingerprint density at radius 1 is 0.971 bits per heavy atom. The van der Waals surface area contributed by atoms with Crippen molar-refractivity contribution in [1.82, 2.24) is 4.90 Å². The third-order valence-corrected chi connectivity index (χ3v) is 6.79. The standard InChI is InChI=1S/C16H17NO.C12H18ClNO2S/c1-17(2)16(18)15(13-9-5-3-6-10-13)14-11-7-4-8-12-14;1-8-7-17-10(3)12(8)14(11(15)5-13)9(2)6-16-4/h3-12,15H,1-2H3;7,9H,5-6H2,1-4H3/t;9-/m.0/s1. The molecule has 35 heavy (non-hydrogen) atoms. The van der Waals surface area contributed by atoms with Crippen LogP contribution in [-0.2, 0) is 14.3 Å². The molecule has 0 fully saturated rings. The molecule has 0 aliphatic carbocycles. The van der Waals surface area contributed by atoms with Gasteiger partial charge in [0.15, 0.2) is 0 Å². The molecule has 1 heterocycles. The lowest BCUT2D eigenvalue weighted by Gasteiger charge is -2.29. The summed E-state index contributed by atoms with van der Waals surface area (Å²) in [4.78, 5) is 28.9. The maximum absolute atomic E-state index is 12.4. The highest BCUT2D eigenvalue weighted by molar-refractivity contribution is 7.10. The number of alkyl halides is 1. The van der Waals surface area contributed by atoms with E-state index in [2.05, 4.69) is 5.38 Å². The molecule has 188 valence electrons. The zero-order chi connectivity index (χ0) is 26.0. The molecule has 3 aromatic rings. The van der Waals surface area contributed by atoms with E-state index in [0.717, 1.165) is 27.3 Å². The van der Waals surface area contributed by atoms with Crippen molar-refractivity contribution in [1.29, 1.82) is 0 Å². The van der Waals surface area contributed by atoms with Crippen LogP contribution in [0, 0.1) is 13.8 Å². The summed E-state index contributed by atoms with van der Waals surface area (Å²) in [6.07, 6.45) is 0. The molecular formula is C28H35ClN2O3S. The molecule has 7 heteroatoms. The lowest BCUT2D eigenvalue weighted by atomic mass is 9.90. The van der Waals surface area contributed by atoms with E-state index < -0.39 is 0 Å². The summed E-state index contributed by atoms with van der Waals surface area (Å²) in [6.45, 7) is 6.48. The second-order valence-corrected chi connectivity index (χ2v) is 9.86. The molecule has 3 rings (SSSR count). The summed E-state index contributed by atoms with van der Waals surface area (Å²) in [7, 11) is 5.22. The van der Waals surface area contributed by atoms with Crippen molar-refractivity contribution < 1.29 is 14.3 Å². The third kappa shape index (κ3) is 7.66. The number of benzene rings is 2. The molecule has 0 spiro atoms. The van der Waals surface area contributed by atoms with E-state index in [-0.39, 0.29) is 29.7 Å². The molecular weight excluding hydrogens is 480 g/mol. The maximum atomic E-state index is 12.4. The number of rotatable bonds is 8. The first-order valence-electron chi connectivity index (χ1n) is 11.5. The minimum Gasteiger partial charge on any atom is -0.383 e. The van der Waals surface area contributed by atoms with Crippen molar-refractivity contribution in [3.63, 3.8) is 0 Å². The van der Waals surface area contributed by atoms with Gasteiger partial charge in [0, 0.05) is 26.1 Å². The molecule has 1 atom stereocenters. The number of halogens is 1. The van der Waals surface area contributed by atoms with Crippen LogP contribution in [0.2, 0.25) is 0 Å². The SMILES string of the molecule is CN(C)C(=O)C(c1ccccc1)c1ccccc1.COC[C@H](C)N(C(=O)CCl)c1c(C)csc1C. The number of likely N-dealkylation sites (N-methyl/N-ethyl adjacent to an activating group) is 1. The van der Waals surface area contributed by atoms with Gasteiger partial charge in [-0.3, -0.25) is 9.59 Å². The molecule has 0 unspecified atom stereocenters. The molecule has 1 aromatic heterocycles. The lowest BCUT2D eigenvalue weighted by molar-refractivity contribution is -0.129. The van der Waals surface area contributed by atoms with Crippen LogP contribution in [0.25, 0.3) is 0 Å². The molecule has 0 radical (unpaired) electrons. The molecule has 0 bridgehead atoms. The fourth-order valence-electron chi connectivity index (χ4n) is 3.92. The van der Waals surface area contributed by atoms with Gasteiger partial charge in [-0.1, -0.05) is 60.7 Å². The number of hydrogen-bond donors (Lipinski definition) is 0. The number of ether oxygens (including phenoxy) is 1. The molecule has 2 aromatic carbocycles. The van der Waals surface area contributed by atoms with E-state index >= 15 is 0 Å². The number of aryl methyl sites for hydroxylation is 2. The van der Waals surface area contributed by atoms with Gasteiger partial charge in [-0.15, -0.1) is 22.9 Å². The quantitative estimate of drug-likeness (QED) is 0.353. The molecule has 0 N–H and O–H groups in total. The second kappa shape index (κ2) is 14.0. The van der Waals surface area contributed by atoms with Crippen molar-refractivity contribution in [2.45, 2.75) is 32.7 Å². The average Bonchev–Trinajstić information content (AvgIpc) is 3.19. The largest absolute Gasteiger partial charge is 0.383 e. The Hall–Kier alpha value is -2.67. The summed E-state index contributed by atoms with van der Waals surface area (Å²) in [6, 6.07) is 19.8. The number of carbonyl (C=O) groups excluding carboxylic acids is 2. The monoisotopic (exact) mass is 514 g/mol. The van der Waals surface area contributed by atoms with Gasteiger partial charge in [0.25, 0.3) is 0 Å². The Labute approximate surface area is 218 Å². The zero-order valence-electron chi connectivity index (χ0n) is 21.3. The van der Waals surface area contributed by atoms with Gasteiger partial charge >= 0.3 is 0 Å². The van der Waals surface area contributed by atoms with Gasteiger partial charge in [-0.25, -0.2) is 0 Å². The first kappa shape index (κ1) is 28.6.